The summed E-state index contributed by atoms with van der Waals surface area (Å²) in [5, 5.41) is 28.4. The molecule has 0 bridgehead atoms. The molecule has 2 aromatic heterocycles. The van der Waals surface area contributed by atoms with Crippen molar-refractivity contribution in [3.05, 3.63) is 60.9 Å². The SMILES string of the molecule is Cc1cc(C(F)(F)F)c2c(C)nn(CC(=O)Nc3cc([N+](=O)[O-])c(C)c([N+](=O)[O-])c3)c2n1. The van der Waals surface area contributed by atoms with Crippen LogP contribution in [0.1, 0.15) is 22.5 Å². The number of nitrogens with zero attached hydrogens (tertiary/aromatic N) is 5. The van der Waals surface area contributed by atoms with Crippen LogP contribution in [0.25, 0.3) is 11.0 Å². The van der Waals surface area contributed by atoms with E-state index >= 15 is 0 Å². The Hall–Kier alpha value is -4.10. The van der Waals surface area contributed by atoms with Crippen molar-refractivity contribution in [1.29, 1.82) is 0 Å². The molecule has 0 spiro atoms. The molecule has 0 aliphatic heterocycles. The van der Waals surface area contributed by atoms with Crippen LogP contribution in [0.4, 0.5) is 30.2 Å². The van der Waals surface area contributed by atoms with Crippen LogP contribution in [-0.2, 0) is 17.5 Å². The number of halogens is 3. The number of carbonyl (C=O) groups is 1. The number of nitro benzene ring substituents is 2. The zero-order valence-corrected chi connectivity index (χ0v) is 16.9. The van der Waals surface area contributed by atoms with E-state index < -0.39 is 45.4 Å². The molecule has 2 heterocycles. The summed E-state index contributed by atoms with van der Waals surface area (Å²) in [6.45, 7) is 3.34. The van der Waals surface area contributed by atoms with E-state index in [4.69, 9.17) is 0 Å². The van der Waals surface area contributed by atoms with Crippen LogP contribution in [-0.4, -0.2) is 30.5 Å². The predicted octanol–water partition coefficient (Wildman–Crippen LogP) is 3.83. The molecule has 168 valence electrons. The second-order valence-electron chi connectivity index (χ2n) is 6.95. The average molecular weight is 452 g/mol. The van der Waals surface area contributed by atoms with Gasteiger partial charge in [0.05, 0.1) is 32.2 Å². The van der Waals surface area contributed by atoms with Crippen molar-refractivity contribution < 1.29 is 27.8 Å². The van der Waals surface area contributed by atoms with E-state index in [1.165, 1.54) is 20.8 Å². The lowest BCUT2D eigenvalue weighted by Gasteiger charge is -2.10. The smallest absolute Gasteiger partial charge is 0.324 e. The van der Waals surface area contributed by atoms with Crippen LogP contribution in [0.3, 0.4) is 0 Å². The van der Waals surface area contributed by atoms with Crippen molar-refractivity contribution in [1.82, 2.24) is 14.8 Å². The molecule has 0 atom stereocenters. The fourth-order valence-electron chi connectivity index (χ4n) is 3.28. The highest BCUT2D eigenvalue weighted by molar-refractivity contribution is 5.93. The molecule has 1 aromatic carbocycles. The molecule has 0 unspecified atom stereocenters. The fraction of sp³-hybridized carbons (Fsp3) is 0.278. The first-order valence-electron chi connectivity index (χ1n) is 8.94. The maximum atomic E-state index is 13.4. The molecule has 14 heteroatoms. The third kappa shape index (κ3) is 4.19. The van der Waals surface area contributed by atoms with E-state index in [-0.39, 0.29) is 33.7 Å². The van der Waals surface area contributed by atoms with Gasteiger partial charge in [-0.05, 0) is 26.8 Å². The number of aromatic nitrogens is 3. The Balaban J connectivity index is 1.98. The van der Waals surface area contributed by atoms with Gasteiger partial charge in [-0.1, -0.05) is 0 Å². The molecular formula is C18H15F3N6O5. The Morgan fingerprint density at radius 1 is 1.09 bits per heavy atom. The van der Waals surface area contributed by atoms with E-state index in [1.807, 2.05) is 0 Å². The Labute approximate surface area is 177 Å². The standard InChI is InChI=1S/C18H15F3N6O5/c1-8-4-12(18(19,20)21)16-10(3)24-25(17(16)22-8)7-15(28)23-11-5-13(26(29)30)9(2)14(6-11)27(31)32/h4-6H,7H2,1-3H3,(H,23,28). The van der Waals surface area contributed by atoms with Crippen molar-refractivity contribution in [3.63, 3.8) is 0 Å². The Morgan fingerprint density at radius 2 is 1.66 bits per heavy atom. The minimum atomic E-state index is -4.66. The number of anilines is 1. The van der Waals surface area contributed by atoms with Gasteiger partial charge in [-0.15, -0.1) is 0 Å². The Kier molecular flexibility index (Phi) is 5.55. The summed E-state index contributed by atoms with van der Waals surface area (Å²) in [6, 6.07) is 2.79. The van der Waals surface area contributed by atoms with Gasteiger partial charge >= 0.3 is 6.18 Å². The Morgan fingerprint density at radius 3 is 2.16 bits per heavy atom. The van der Waals surface area contributed by atoms with Gasteiger partial charge in [-0.25, -0.2) is 9.67 Å². The number of hydrogen-bond donors (Lipinski definition) is 1. The number of pyridine rings is 1. The molecule has 1 N–H and O–H groups in total. The highest BCUT2D eigenvalue weighted by Gasteiger charge is 2.35. The van der Waals surface area contributed by atoms with Crippen LogP contribution in [0.5, 0.6) is 0 Å². The van der Waals surface area contributed by atoms with E-state index in [0.29, 0.717) is 0 Å². The molecule has 3 rings (SSSR count). The quantitative estimate of drug-likeness (QED) is 0.457. The summed E-state index contributed by atoms with van der Waals surface area (Å²) in [5.41, 5.74) is -2.56. The molecule has 0 aliphatic rings. The van der Waals surface area contributed by atoms with Crippen molar-refractivity contribution in [2.24, 2.45) is 0 Å². The summed E-state index contributed by atoms with van der Waals surface area (Å²) in [7, 11) is 0. The lowest BCUT2D eigenvalue weighted by Crippen LogP contribution is -2.20. The largest absolute Gasteiger partial charge is 0.417 e. The first kappa shape index (κ1) is 22.6. The highest BCUT2D eigenvalue weighted by Crippen LogP contribution is 2.36. The number of rotatable bonds is 5. The minimum Gasteiger partial charge on any atom is -0.324 e. The topological polar surface area (TPSA) is 146 Å². The average Bonchev–Trinajstić information content (AvgIpc) is 2.96. The number of hydrogen-bond acceptors (Lipinski definition) is 7. The third-order valence-corrected chi connectivity index (χ3v) is 4.63. The van der Waals surface area contributed by atoms with Gasteiger partial charge in [0.1, 0.15) is 12.1 Å². The first-order chi connectivity index (χ1) is 14.8. The zero-order valence-electron chi connectivity index (χ0n) is 16.9. The summed E-state index contributed by atoms with van der Waals surface area (Å²) in [6.07, 6.45) is -4.66. The second kappa shape index (κ2) is 7.86. The molecule has 0 aliphatic carbocycles. The maximum Gasteiger partial charge on any atom is 0.417 e. The van der Waals surface area contributed by atoms with Gasteiger partial charge in [-0.2, -0.15) is 18.3 Å². The van der Waals surface area contributed by atoms with Gasteiger partial charge in [0, 0.05) is 17.8 Å². The van der Waals surface area contributed by atoms with Crippen LogP contribution in [0.2, 0.25) is 0 Å². The number of fused-ring (bicyclic) bond motifs is 1. The predicted molar refractivity (Wildman–Crippen MR) is 105 cm³/mol. The molecule has 11 nitrogen and oxygen atoms in total. The van der Waals surface area contributed by atoms with Crippen molar-refractivity contribution in [2.75, 3.05) is 5.32 Å². The molecule has 3 aromatic rings. The lowest BCUT2D eigenvalue weighted by atomic mass is 10.1. The van der Waals surface area contributed by atoms with Crippen molar-refractivity contribution in [3.8, 4) is 0 Å². The van der Waals surface area contributed by atoms with Crippen LogP contribution in [0, 0.1) is 41.0 Å². The third-order valence-electron chi connectivity index (χ3n) is 4.63. The van der Waals surface area contributed by atoms with Crippen LogP contribution >= 0.6 is 0 Å². The number of benzene rings is 1. The van der Waals surface area contributed by atoms with Gasteiger partial charge in [-0.3, -0.25) is 25.0 Å². The van der Waals surface area contributed by atoms with E-state index in [2.05, 4.69) is 15.4 Å². The van der Waals surface area contributed by atoms with Crippen LogP contribution < -0.4 is 5.32 Å². The molecule has 0 fully saturated rings. The first-order valence-corrected chi connectivity index (χ1v) is 8.94. The van der Waals surface area contributed by atoms with Crippen molar-refractivity contribution in [2.45, 2.75) is 33.5 Å². The number of nitrogens with one attached hydrogen (secondary N) is 1. The Bertz CT molecular complexity index is 1250. The maximum absolute atomic E-state index is 13.4. The highest BCUT2D eigenvalue weighted by atomic mass is 19.4. The molecule has 0 radical (unpaired) electrons. The molecule has 0 saturated carbocycles. The lowest BCUT2D eigenvalue weighted by molar-refractivity contribution is -0.395. The van der Waals surface area contributed by atoms with Gasteiger partial charge < -0.3 is 5.32 Å². The normalized spacial score (nSPS) is 11.6. The van der Waals surface area contributed by atoms with Gasteiger partial charge in [0.15, 0.2) is 5.65 Å². The minimum absolute atomic E-state index is 0.00855. The van der Waals surface area contributed by atoms with Gasteiger partial charge in [0.2, 0.25) is 5.91 Å². The number of amides is 1. The summed E-state index contributed by atoms with van der Waals surface area (Å²) in [5.74, 6) is -0.821. The molecule has 0 saturated heterocycles. The number of carbonyl (C=O) groups excluding carboxylic acids is 1. The van der Waals surface area contributed by atoms with Crippen LogP contribution in [0.15, 0.2) is 18.2 Å². The zero-order chi connectivity index (χ0) is 24.0. The summed E-state index contributed by atoms with van der Waals surface area (Å²) < 4.78 is 41.2. The fourth-order valence-corrected chi connectivity index (χ4v) is 3.28. The number of aryl methyl sites for hydroxylation is 2. The molecular weight excluding hydrogens is 437 g/mol. The van der Waals surface area contributed by atoms with E-state index in [1.54, 1.807) is 0 Å². The molecule has 32 heavy (non-hydrogen) atoms. The van der Waals surface area contributed by atoms with Gasteiger partial charge in [0.25, 0.3) is 11.4 Å². The monoisotopic (exact) mass is 452 g/mol. The second-order valence-corrected chi connectivity index (χ2v) is 6.95. The van der Waals surface area contributed by atoms with E-state index in [9.17, 15) is 38.2 Å². The number of alkyl halides is 3. The summed E-state index contributed by atoms with van der Waals surface area (Å²) in [4.78, 5) is 37.2. The van der Waals surface area contributed by atoms with E-state index in [0.717, 1.165) is 22.9 Å². The summed E-state index contributed by atoms with van der Waals surface area (Å²) >= 11 is 0. The number of nitro groups is 2. The van der Waals surface area contributed by atoms with Crippen molar-refractivity contribution >= 4 is 34.0 Å². The molecule has 1 amide bonds.